The molecule has 1 aromatic rings. The second kappa shape index (κ2) is 4.72. The molecule has 0 aliphatic carbocycles. The molecule has 0 spiro atoms. The van der Waals surface area contributed by atoms with Gasteiger partial charge in [0.1, 0.15) is 0 Å². The van der Waals surface area contributed by atoms with Crippen molar-refractivity contribution in [3.05, 3.63) is 15.2 Å². The topological polar surface area (TPSA) is 31.4 Å². The number of halogens is 3. The molecule has 1 rings (SSSR count). The SMILES string of the molecule is COc1nc(OC)c(C(F)F)cc1I. The largest absolute Gasteiger partial charge is 0.481 e. The minimum Gasteiger partial charge on any atom is -0.481 e. The van der Waals surface area contributed by atoms with Crippen molar-refractivity contribution < 1.29 is 18.3 Å². The summed E-state index contributed by atoms with van der Waals surface area (Å²) in [6, 6.07) is 1.30. The second-order valence-electron chi connectivity index (χ2n) is 2.38. The van der Waals surface area contributed by atoms with Gasteiger partial charge in [-0.25, -0.2) is 8.78 Å². The first-order chi connectivity index (χ1) is 6.60. The normalized spacial score (nSPS) is 10.4. The number of rotatable bonds is 3. The van der Waals surface area contributed by atoms with Crippen LogP contribution in [-0.2, 0) is 0 Å². The molecule has 0 aliphatic rings. The Morgan fingerprint density at radius 3 is 2.29 bits per heavy atom. The molecule has 0 saturated carbocycles. The van der Waals surface area contributed by atoms with Crippen molar-refractivity contribution in [3.63, 3.8) is 0 Å². The van der Waals surface area contributed by atoms with Gasteiger partial charge in [-0.2, -0.15) is 4.98 Å². The van der Waals surface area contributed by atoms with Crippen molar-refractivity contribution in [2.45, 2.75) is 6.43 Å². The molecular weight excluding hydrogens is 307 g/mol. The van der Waals surface area contributed by atoms with Crippen LogP contribution in [0.25, 0.3) is 0 Å². The molecule has 0 amide bonds. The van der Waals surface area contributed by atoms with Crippen molar-refractivity contribution >= 4 is 22.6 Å². The molecule has 3 nitrogen and oxygen atoms in total. The van der Waals surface area contributed by atoms with Crippen molar-refractivity contribution in [2.24, 2.45) is 0 Å². The van der Waals surface area contributed by atoms with Crippen LogP contribution in [0.15, 0.2) is 6.07 Å². The van der Waals surface area contributed by atoms with Gasteiger partial charge in [0.25, 0.3) is 6.43 Å². The zero-order valence-electron chi connectivity index (χ0n) is 7.55. The zero-order valence-corrected chi connectivity index (χ0v) is 9.71. The number of hydrogen-bond donors (Lipinski definition) is 0. The van der Waals surface area contributed by atoms with Gasteiger partial charge in [-0.3, -0.25) is 0 Å². The summed E-state index contributed by atoms with van der Waals surface area (Å²) in [4.78, 5) is 3.80. The Kier molecular flexibility index (Phi) is 3.85. The first-order valence-corrected chi connectivity index (χ1v) is 4.74. The summed E-state index contributed by atoms with van der Waals surface area (Å²) in [6.07, 6.45) is -2.60. The summed E-state index contributed by atoms with van der Waals surface area (Å²) >= 11 is 1.88. The van der Waals surface area contributed by atoms with E-state index in [1.165, 1.54) is 20.3 Å². The molecule has 0 aromatic carbocycles. The fourth-order valence-corrected chi connectivity index (χ4v) is 1.61. The van der Waals surface area contributed by atoms with Crippen LogP contribution in [0, 0.1) is 3.57 Å². The Morgan fingerprint density at radius 2 is 1.86 bits per heavy atom. The molecular formula is C8H8F2INO2. The summed E-state index contributed by atoms with van der Waals surface area (Å²) in [5, 5.41) is 0. The summed E-state index contributed by atoms with van der Waals surface area (Å²) in [5.74, 6) is 0.184. The molecule has 6 heteroatoms. The third-order valence-electron chi connectivity index (χ3n) is 1.56. The van der Waals surface area contributed by atoms with E-state index in [0.717, 1.165) is 0 Å². The van der Waals surface area contributed by atoms with Crippen LogP contribution in [0.2, 0.25) is 0 Å². The van der Waals surface area contributed by atoms with Gasteiger partial charge in [0, 0.05) is 0 Å². The molecule has 0 N–H and O–H groups in total. The number of alkyl halides is 2. The molecule has 0 bridgehead atoms. The van der Waals surface area contributed by atoms with E-state index in [1.54, 1.807) is 0 Å². The van der Waals surface area contributed by atoms with Crippen LogP contribution >= 0.6 is 22.6 Å². The van der Waals surface area contributed by atoms with Gasteiger partial charge in [-0.05, 0) is 28.7 Å². The number of nitrogens with zero attached hydrogens (tertiary/aromatic N) is 1. The van der Waals surface area contributed by atoms with Crippen molar-refractivity contribution in [3.8, 4) is 11.8 Å². The van der Waals surface area contributed by atoms with E-state index >= 15 is 0 Å². The highest BCUT2D eigenvalue weighted by atomic mass is 127. The van der Waals surface area contributed by atoms with Crippen LogP contribution in [0.1, 0.15) is 12.0 Å². The van der Waals surface area contributed by atoms with Crippen LogP contribution < -0.4 is 9.47 Å². The minimum atomic E-state index is -2.60. The molecule has 0 saturated heterocycles. The van der Waals surface area contributed by atoms with Crippen molar-refractivity contribution in [2.75, 3.05) is 14.2 Å². The molecule has 0 aliphatic heterocycles. The number of methoxy groups -OCH3 is 2. The highest BCUT2D eigenvalue weighted by Crippen LogP contribution is 2.32. The first kappa shape index (κ1) is 11.4. The minimum absolute atomic E-state index is 0.0998. The van der Waals surface area contributed by atoms with Crippen LogP contribution in [0.4, 0.5) is 8.78 Å². The summed E-state index contributed by atoms with van der Waals surface area (Å²) in [6.45, 7) is 0. The Hall–Kier alpha value is -0.660. The Bertz CT molecular complexity index is 333. The van der Waals surface area contributed by atoms with Gasteiger partial charge >= 0.3 is 0 Å². The first-order valence-electron chi connectivity index (χ1n) is 3.66. The van der Waals surface area contributed by atoms with Gasteiger partial charge in [0.2, 0.25) is 11.8 Å². The van der Waals surface area contributed by atoms with E-state index in [4.69, 9.17) is 9.47 Å². The molecule has 1 aromatic heterocycles. The predicted molar refractivity (Wildman–Crippen MR) is 55.0 cm³/mol. The van der Waals surface area contributed by atoms with Crippen LogP contribution in [0.3, 0.4) is 0 Å². The maximum Gasteiger partial charge on any atom is 0.269 e. The molecule has 0 atom stereocenters. The lowest BCUT2D eigenvalue weighted by Crippen LogP contribution is -2.00. The lowest BCUT2D eigenvalue weighted by atomic mass is 10.3. The van der Waals surface area contributed by atoms with E-state index in [0.29, 0.717) is 3.57 Å². The zero-order chi connectivity index (χ0) is 10.7. The monoisotopic (exact) mass is 315 g/mol. The van der Waals surface area contributed by atoms with Gasteiger partial charge in [0.05, 0.1) is 23.4 Å². The summed E-state index contributed by atoms with van der Waals surface area (Å²) in [5.41, 5.74) is -0.224. The Labute approximate surface area is 93.6 Å². The maximum atomic E-state index is 12.5. The highest BCUT2D eigenvalue weighted by Gasteiger charge is 2.18. The standard InChI is InChI=1S/C8H8F2INO2/c1-13-7-4(6(9)10)3-5(11)8(12-7)14-2/h3,6H,1-2H3. The third kappa shape index (κ3) is 2.23. The fraction of sp³-hybridized carbons (Fsp3) is 0.375. The predicted octanol–water partition coefficient (Wildman–Crippen LogP) is 2.64. The molecule has 1 heterocycles. The molecule has 0 unspecified atom stereocenters. The van der Waals surface area contributed by atoms with Crippen LogP contribution in [-0.4, -0.2) is 19.2 Å². The van der Waals surface area contributed by atoms with Gasteiger partial charge in [-0.15, -0.1) is 0 Å². The molecule has 0 radical (unpaired) electrons. The number of pyridine rings is 1. The van der Waals surface area contributed by atoms with E-state index in [-0.39, 0.29) is 17.3 Å². The van der Waals surface area contributed by atoms with Crippen molar-refractivity contribution in [1.82, 2.24) is 4.98 Å². The summed E-state index contributed by atoms with van der Waals surface area (Å²) < 4.78 is 35.1. The van der Waals surface area contributed by atoms with E-state index in [2.05, 4.69) is 4.98 Å². The number of ether oxygens (including phenoxy) is 2. The fourth-order valence-electron chi connectivity index (χ4n) is 0.933. The number of hydrogen-bond acceptors (Lipinski definition) is 3. The second-order valence-corrected chi connectivity index (χ2v) is 3.54. The average molecular weight is 315 g/mol. The van der Waals surface area contributed by atoms with Gasteiger partial charge < -0.3 is 9.47 Å². The quantitative estimate of drug-likeness (QED) is 0.804. The average Bonchev–Trinajstić information content (AvgIpc) is 2.17. The van der Waals surface area contributed by atoms with E-state index in [9.17, 15) is 8.78 Å². The summed E-state index contributed by atoms with van der Waals surface area (Å²) in [7, 11) is 2.71. The maximum absolute atomic E-state index is 12.5. The molecule has 78 valence electrons. The van der Waals surface area contributed by atoms with E-state index in [1.807, 2.05) is 22.6 Å². The van der Waals surface area contributed by atoms with Gasteiger partial charge in [-0.1, -0.05) is 0 Å². The Morgan fingerprint density at radius 1 is 1.29 bits per heavy atom. The third-order valence-corrected chi connectivity index (χ3v) is 2.33. The molecule has 14 heavy (non-hydrogen) atoms. The lowest BCUT2D eigenvalue weighted by Gasteiger charge is -2.09. The number of aromatic nitrogens is 1. The highest BCUT2D eigenvalue weighted by molar-refractivity contribution is 14.1. The lowest BCUT2D eigenvalue weighted by molar-refractivity contribution is 0.145. The molecule has 0 fully saturated rings. The smallest absolute Gasteiger partial charge is 0.269 e. The van der Waals surface area contributed by atoms with E-state index < -0.39 is 6.43 Å². The Balaban J connectivity index is 3.24. The van der Waals surface area contributed by atoms with Crippen LogP contribution in [0.5, 0.6) is 11.8 Å². The van der Waals surface area contributed by atoms with Gasteiger partial charge in [0.15, 0.2) is 0 Å². The van der Waals surface area contributed by atoms with Crippen molar-refractivity contribution in [1.29, 1.82) is 0 Å².